The molecule has 1 N–H and O–H groups in total. The lowest BCUT2D eigenvalue weighted by atomic mass is 9.91. The van der Waals surface area contributed by atoms with Crippen molar-refractivity contribution in [2.45, 2.75) is 84.8 Å². The number of carbonyl (C=O) groups excluding carboxylic acids is 4. The molecule has 1 aliphatic rings. The minimum absolute atomic E-state index is 0.0515. The van der Waals surface area contributed by atoms with Crippen molar-refractivity contribution in [2.75, 3.05) is 6.61 Å². The highest BCUT2D eigenvalue weighted by Crippen LogP contribution is 2.44. The van der Waals surface area contributed by atoms with E-state index in [0.29, 0.717) is 6.42 Å². The van der Waals surface area contributed by atoms with Crippen molar-refractivity contribution < 1.29 is 28.7 Å². The summed E-state index contributed by atoms with van der Waals surface area (Å²) in [6, 6.07) is 23.1. The summed E-state index contributed by atoms with van der Waals surface area (Å²) in [6.45, 7) is 11.2. The van der Waals surface area contributed by atoms with Crippen LogP contribution in [-0.2, 0) is 41.5 Å². The molecule has 0 aromatic heterocycles. The molecule has 7 nitrogen and oxygen atoms in total. The van der Waals surface area contributed by atoms with Gasteiger partial charge in [-0.2, -0.15) is 0 Å². The summed E-state index contributed by atoms with van der Waals surface area (Å²) in [4.78, 5) is 51.2. The lowest BCUT2D eigenvalue weighted by Crippen LogP contribution is -2.44. The zero-order valence-electron chi connectivity index (χ0n) is 27.2. The molecule has 7 heteroatoms. The third-order valence-electron chi connectivity index (χ3n) is 8.18. The lowest BCUT2D eigenvalue weighted by molar-refractivity contribution is -0.154. The van der Waals surface area contributed by atoms with Gasteiger partial charge < -0.3 is 14.8 Å². The fourth-order valence-electron chi connectivity index (χ4n) is 5.70. The zero-order valence-corrected chi connectivity index (χ0v) is 27.2. The third-order valence-corrected chi connectivity index (χ3v) is 8.18. The minimum atomic E-state index is -0.715. The average molecular weight is 612 g/mol. The highest BCUT2D eigenvalue weighted by molar-refractivity contribution is 5.92. The number of hydrogen-bond donors (Lipinski definition) is 1. The van der Waals surface area contributed by atoms with E-state index in [2.05, 4.69) is 29.6 Å². The van der Waals surface area contributed by atoms with Gasteiger partial charge in [0.05, 0.1) is 18.4 Å². The van der Waals surface area contributed by atoms with E-state index >= 15 is 0 Å². The number of benzene rings is 3. The number of fused-ring (bicyclic) bond motifs is 3. The highest BCUT2D eigenvalue weighted by Gasteiger charge is 2.31. The van der Waals surface area contributed by atoms with Gasteiger partial charge in [-0.15, -0.1) is 0 Å². The first kappa shape index (κ1) is 33.6. The molecule has 0 unspecified atom stereocenters. The first-order valence-corrected chi connectivity index (χ1v) is 15.8. The van der Waals surface area contributed by atoms with E-state index in [0.717, 1.165) is 33.4 Å². The van der Waals surface area contributed by atoms with Gasteiger partial charge in [0, 0.05) is 18.8 Å². The Morgan fingerprint density at radius 2 is 1.33 bits per heavy atom. The van der Waals surface area contributed by atoms with Gasteiger partial charge >= 0.3 is 11.9 Å². The summed E-state index contributed by atoms with van der Waals surface area (Å²) >= 11 is 0. The van der Waals surface area contributed by atoms with Crippen LogP contribution in [0.2, 0.25) is 0 Å². The van der Waals surface area contributed by atoms with Gasteiger partial charge in [-0.1, -0.05) is 86.6 Å². The van der Waals surface area contributed by atoms with Crippen molar-refractivity contribution in [3.05, 3.63) is 95.1 Å². The smallest absolute Gasteiger partial charge is 0.306 e. The van der Waals surface area contributed by atoms with Crippen molar-refractivity contribution in [2.24, 2.45) is 11.8 Å². The molecular formula is C38H45NO6. The molecule has 4 rings (SSSR count). The second kappa shape index (κ2) is 14.7. The molecule has 0 heterocycles. The second-order valence-electron chi connectivity index (χ2n) is 13.2. The molecule has 0 radical (unpaired) electrons. The molecule has 0 spiro atoms. The molecule has 0 saturated carbocycles. The fourth-order valence-corrected chi connectivity index (χ4v) is 5.70. The maximum absolute atomic E-state index is 13.2. The quantitative estimate of drug-likeness (QED) is 0.219. The van der Waals surface area contributed by atoms with E-state index in [9.17, 15) is 19.2 Å². The van der Waals surface area contributed by atoms with Crippen LogP contribution >= 0.6 is 0 Å². The largest absolute Gasteiger partial charge is 0.465 e. The molecule has 45 heavy (non-hydrogen) atoms. The number of Topliss-reactive ketones (excluding diaryl/α,β-unsaturated/α-hetero) is 1. The summed E-state index contributed by atoms with van der Waals surface area (Å²) in [7, 11) is 0. The maximum Gasteiger partial charge on any atom is 0.306 e. The van der Waals surface area contributed by atoms with Crippen molar-refractivity contribution in [3.8, 4) is 11.1 Å². The molecule has 2 atom stereocenters. The molecule has 1 amide bonds. The monoisotopic (exact) mass is 611 g/mol. The average Bonchev–Trinajstić information content (AvgIpc) is 3.31. The van der Waals surface area contributed by atoms with E-state index in [1.807, 2.05) is 83.1 Å². The van der Waals surface area contributed by atoms with E-state index in [1.54, 1.807) is 6.92 Å². The van der Waals surface area contributed by atoms with Gasteiger partial charge in [-0.3, -0.25) is 19.2 Å². The Morgan fingerprint density at radius 1 is 0.778 bits per heavy atom. The Kier molecular flexibility index (Phi) is 11.0. The SMILES string of the molecule is CC(C)[C@H](CC(=O)OCC1c2ccccc2-c2ccccc21)C(=O)N[C@@H](C)C(=O)Cc1ccc(CCC(=O)OC(C)(C)C)cc1. The minimum Gasteiger partial charge on any atom is -0.465 e. The number of nitrogens with one attached hydrogen (secondary N) is 1. The van der Waals surface area contributed by atoms with E-state index in [4.69, 9.17) is 9.47 Å². The Bertz CT molecular complexity index is 1470. The predicted molar refractivity (Wildman–Crippen MR) is 175 cm³/mol. The molecule has 0 aliphatic heterocycles. The summed E-state index contributed by atoms with van der Waals surface area (Å²) < 4.78 is 11.1. The molecule has 0 bridgehead atoms. The molecule has 3 aromatic carbocycles. The molecular weight excluding hydrogens is 566 g/mol. The second-order valence-corrected chi connectivity index (χ2v) is 13.2. The Morgan fingerprint density at radius 3 is 1.89 bits per heavy atom. The Labute approximate surface area is 266 Å². The number of ketones is 1. The van der Waals surface area contributed by atoms with Crippen molar-refractivity contribution in [1.29, 1.82) is 0 Å². The summed E-state index contributed by atoms with van der Waals surface area (Å²) in [6.07, 6.45) is 0.930. The number of carbonyl (C=O) groups is 4. The van der Waals surface area contributed by atoms with Crippen LogP contribution in [0.5, 0.6) is 0 Å². The van der Waals surface area contributed by atoms with E-state index in [-0.39, 0.29) is 55.4 Å². The van der Waals surface area contributed by atoms with Crippen molar-refractivity contribution in [1.82, 2.24) is 5.32 Å². The van der Waals surface area contributed by atoms with Crippen molar-refractivity contribution in [3.63, 3.8) is 0 Å². The van der Waals surface area contributed by atoms with Gasteiger partial charge in [-0.25, -0.2) is 0 Å². The number of aryl methyl sites for hydroxylation is 1. The van der Waals surface area contributed by atoms with Crippen LogP contribution in [0.1, 0.15) is 82.6 Å². The molecule has 238 valence electrons. The van der Waals surface area contributed by atoms with Crippen LogP contribution < -0.4 is 5.32 Å². The van der Waals surface area contributed by atoms with Gasteiger partial charge in [0.15, 0.2) is 5.78 Å². The Hall–Kier alpha value is -4.26. The summed E-state index contributed by atoms with van der Waals surface area (Å²) in [5.74, 6) is -1.95. The van der Waals surface area contributed by atoms with Crippen LogP contribution in [0, 0.1) is 11.8 Å². The van der Waals surface area contributed by atoms with E-state index in [1.165, 1.54) is 0 Å². The van der Waals surface area contributed by atoms with Crippen LogP contribution in [0.4, 0.5) is 0 Å². The molecule has 3 aromatic rings. The van der Waals surface area contributed by atoms with Crippen LogP contribution in [0.3, 0.4) is 0 Å². The van der Waals surface area contributed by atoms with Gasteiger partial charge in [0.2, 0.25) is 5.91 Å². The predicted octanol–water partition coefficient (Wildman–Crippen LogP) is 6.60. The number of esters is 2. The molecule has 0 saturated heterocycles. The van der Waals surface area contributed by atoms with Crippen molar-refractivity contribution >= 4 is 23.6 Å². The van der Waals surface area contributed by atoms with Gasteiger partial charge in [-0.05, 0) is 73.4 Å². The zero-order chi connectivity index (χ0) is 32.7. The standard InChI is InChI=1S/C38H45NO6/c1-24(2)32(22-36(42)44-23-33-30-13-9-7-11-28(30)29-12-8-10-14-31(29)33)37(43)39-25(3)34(40)21-27-17-15-26(16-18-27)19-20-35(41)45-38(4,5)6/h7-18,24-25,32-33H,19-23H2,1-6H3,(H,39,43)/t25-,32-/m0/s1. The summed E-state index contributed by atoms with van der Waals surface area (Å²) in [5, 5.41) is 2.82. The van der Waals surface area contributed by atoms with Crippen LogP contribution in [-0.4, -0.2) is 41.9 Å². The van der Waals surface area contributed by atoms with Gasteiger partial charge in [0.1, 0.15) is 12.2 Å². The summed E-state index contributed by atoms with van der Waals surface area (Å²) in [5.41, 5.74) is 5.86. The maximum atomic E-state index is 13.2. The topological polar surface area (TPSA) is 98.8 Å². The van der Waals surface area contributed by atoms with Crippen LogP contribution in [0.25, 0.3) is 11.1 Å². The normalized spacial score (nSPS) is 13.8. The number of ether oxygens (including phenoxy) is 2. The third kappa shape index (κ3) is 9.13. The van der Waals surface area contributed by atoms with E-state index < -0.39 is 23.5 Å². The number of amides is 1. The number of hydrogen-bond acceptors (Lipinski definition) is 6. The Balaban J connectivity index is 1.27. The van der Waals surface area contributed by atoms with Crippen LogP contribution in [0.15, 0.2) is 72.8 Å². The fraction of sp³-hybridized carbons (Fsp3) is 0.421. The number of rotatable bonds is 13. The lowest BCUT2D eigenvalue weighted by Gasteiger charge is -2.22. The highest BCUT2D eigenvalue weighted by atomic mass is 16.6. The molecule has 1 aliphatic carbocycles. The first-order valence-electron chi connectivity index (χ1n) is 15.8. The van der Waals surface area contributed by atoms with Gasteiger partial charge in [0.25, 0.3) is 0 Å². The molecule has 0 fully saturated rings. The first-order chi connectivity index (χ1) is 21.3.